The van der Waals surface area contributed by atoms with Crippen LogP contribution in [-0.2, 0) is 0 Å². The van der Waals surface area contributed by atoms with E-state index in [1.807, 2.05) is 42.5 Å². The molecule has 0 unspecified atom stereocenters. The van der Waals surface area contributed by atoms with Crippen LogP contribution in [0.5, 0.6) is 0 Å². The first-order valence-corrected chi connectivity index (χ1v) is 5.19. The lowest BCUT2D eigenvalue weighted by atomic mass is 10.1. The summed E-state index contributed by atoms with van der Waals surface area (Å²) < 4.78 is 0. The fourth-order valence-electron chi connectivity index (χ4n) is 2.02. The molecule has 0 radical (unpaired) electrons. The second kappa shape index (κ2) is 2.97. The standard InChI is InChI=1S/C13H8OS/c14-13-11-4-2-1-3-9(11)10-6-5-8(15)7-12(10)13/h1-7,15H. The molecule has 1 aliphatic carbocycles. The summed E-state index contributed by atoms with van der Waals surface area (Å²) in [6.45, 7) is 0. The Morgan fingerprint density at radius 3 is 2.27 bits per heavy atom. The van der Waals surface area contributed by atoms with Gasteiger partial charge in [-0.2, -0.15) is 0 Å². The predicted octanol–water partition coefficient (Wildman–Crippen LogP) is 3.19. The van der Waals surface area contributed by atoms with Gasteiger partial charge in [0.25, 0.3) is 0 Å². The Kier molecular flexibility index (Phi) is 1.73. The number of benzene rings is 2. The molecule has 3 rings (SSSR count). The van der Waals surface area contributed by atoms with Crippen LogP contribution in [-0.4, -0.2) is 5.78 Å². The van der Waals surface area contributed by atoms with Crippen LogP contribution in [0.1, 0.15) is 15.9 Å². The van der Waals surface area contributed by atoms with E-state index in [4.69, 9.17) is 0 Å². The second-order valence-corrected chi connectivity index (χ2v) is 4.12. The average Bonchev–Trinajstić information content (AvgIpc) is 2.54. The maximum absolute atomic E-state index is 12.0. The van der Waals surface area contributed by atoms with E-state index in [1.165, 1.54) is 0 Å². The number of thiol groups is 1. The largest absolute Gasteiger partial charge is 0.289 e. The molecule has 2 aromatic rings. The fourth-order valence-corrected chi connectivity index (χ4v) is 2.22. The van der Waals surface area contributed by atoms with E-state index in [0.29, 0.717) is 0 Å². The van der Waals surface area contributed by atoms with Crippen molar-refractivity contribution < 1.29 is 4.79 Å². The van der Waals surface area contributed by atoms with Gasteiger partial charge in [-0.15, -0.1) is 12.6 Å². The molecule has 0 heterocycles. The van der Waals surface area contributed by atoms with E-state index in [1.54, 1.807) is 0 Å². The highest BCUT2D eigenvalue weighted by Crippen LogP contribution is 2.36. The molecule has 0 saturated carbocycles. The molecule has 2 aromatic carbocycles. The maximum Gasteiger partial charge on any atom is 0.194 e. The quantitative estimate of drug-likeness (QED) is 0.566. The van der Waals surface area contributed by atoms with Crippen molar-refractivity contribution in [2.75, 3.05) is 0 Å². The van der Waals surface area contributed by atoms with Gasteiger partial charge >= 0.3 is 0 Å². The summed E-state index contributed by atoms with van der Waals surface area (Å²) in [7, 11) is 0. The highest BCUT2D eigenvalue weighted by molar-refractivity contribution is 7.80. The lowest BCUT2D eigenvalue weighted by Gasteiger charge is -1.98. The molecule has 0 saturated heterocycles. The van der Waals surface area contributed by atoms with E-state index in [-0.39, 0.29) is 5.78 Å². The van der Waals surface area contributed by atoms with Gasteiger partial charge in [-0.3, -0.25) is 4.79 Å². The Bertz CT molecular complexity index is 572. The van der Waals surface area contributed by atoms with Crippen molar-refractivity contribution in [1.29, 1.82) is 0 Å². The Balaban J connectivity index is 2.38. The average molecular weight is 212 g/mol. The van der Waals surface area contributed by atoms with E-state index >= 15 is 0 Å². The molecule has 72 valence electrons. The van der Waals surface area contributed by atoms with Crippen molar-refractivity contribution in [1.82, 2.24) is 0 Å². The summed E-state index contributed by atoms with van der Waals surface area (Å²) in [6, 6.07) is 13.4. The number of fused-ring (bicyclic) bond motifs is 3. The van der Waals surface area contributed by atoms with Gasteiger partial charge in [-0.1, -0.05) is 30.3 Å². The van der Waals surface area contributed by atoms with Crippen molar-refractivity contribution in [3.05, 3.63) is 53.6 Å². The summed E-state index contributed by atoms with van der Waals surface area (Å²) in [5, 5.41) is 0. The van der Waals surface area contributed by atoms with Gasteiger partial charge < -0.3 is 0 Å². The number of hydrogen-bond acceptors (Lipinski definition) is 2. The monoisotopic (exact) mass is 212 g/mol. The number of carbonyl (C=O) groups excluding carboxylic acids is 1. The summed E-state index contributed by atoms with van der Waals surface area (Å²) in [4.78, 5) is 12.8. The molecule has 0 bridgehead atoms. The van der Waals surface area contributed by atoms with Crippen molar-refractivity contribution in [2.24, 2.45) is 0 Å². The van der Waals surface area contributed by atoms with Crippen LogP contribution < -0.4 is 0 Å². The van der Waals surface area contributed by atoms with Gasteiger partial charge in [0.2, 0.25) is 0 Å². The Labute approximate surface area is 93.2 Å². The number of carbonyl (C=O) groups is 1. The summed E-state index contributed by atoms with van der Waals surface area (Å²) >= 11 is 4.25. The van der Waals surface area contributed by atoms with Crippen LogP contribution in [0.15, 0.2) is 47.4 Å². The van der Waals surface area contributed by atoms with Gasteiger partial charge in [0.1, 0.15) is 0 Å². The minimum Gasteiger partial charge on any atom is -0.289 e. The second-order valence-electron chi connectivity index (χ2n) is 3.60. The molecule has 1 nitrogen and oxygen atoms in total. The minimum atomic E-state index is 0.108. The topological polar surface area (TPSA) is 17.1 Å². The van der Waals surface area contributed by atoms with Crippen molar-refractivity contribution in [2.45, 2.75) is 4.90 Å². The first-order chi connectivity index (χ1) is 7.27. The summed E-state index contributed by atoms with van der Waals surface area (Å²) in [6.07, 6.45) is 0. The molecule has 15 heavy (non-hydrogen) atoms. The number of ketones is 1. The van der Waals surface area contributed by atoms with Crippen LogP contribution >= 0.6 is 12.6 Å². The zero-order valence-electron chi connectivity index (χ0n) is 7.90. The van der Waals surface area contributed by atoms with Crippen molar-refractivity contribution in [3.63, 3.8) is 0 Å². The van der Waals surface area contributed by atoms with Crippen LogP contribution in [0.3, 0.4) is 0 Å². The normalized spacial score (nSPS) is 12.5. The first-order valence-electron chi connectivity index (χ1n) is 4.74. The van der Waals surface area contributed by atoms with Gasteiger partial charge in [0.15, 0.2) is 5.78 Å². The molecule has 0 amide bonds. The lowest BCUT2D eigenvalue weighted by Crippen LogP contribution is -1.94. The van der Waals surface area contributed by atoms with Gasteiger partial charge in [-0.05, 0) is 23.3 Å². The molecule has 0 aromatic heterocycles. The van der Waals surface area contributed by atoms with E-state index in [9.17, 15) is 4.79 Å². The fraction of sp³-hybridized carbons (Fsp3) is 0. The third-order valence-corrected chi connectivity index (χ3v) is 2.99. The van der Waals surface area contributed by atoms with Crippen molar-refractivity contribution in [3.8, 4) is 11.1 Å². The van der Waals surface area contributed by atoms with E-state index in [0.717, 1.165) is 27.1 Å². The first kappa shape index (κ1) is 8.74. The molecule has 2 heteroatoms. The lowest BCUT2D eigenvalue weighted by molar-refractivity contribution is 0.104. The Hall–Kier alpha value is -1.54. The molecule has 0 spiro atoms. The molecule has 0 atom stereocenters. The zero-order valence-corrected chi connectivity index (χ0v) is 8.79. The van der Waals surface area contributed by atoms with E-state index in [2.05, 4.69) is 12.6 Å². The molecular formula is C13H8OS. The van der Waals surface area contributed by atoms with Gasteiger partial charge in [0.05, 0.1) is 0 Å². The highest BCUT2D eigenvalue weighted by atomic mass is 32.1. The number of hydrogen-bond donors (Lipinski definition) is 1. The third-order valence-electron chi connectivity index (χ3n) is 2.71. The SMILES string of the molecule is O=C1c2ccccc2-c2ccc(S)cc21. The Morgan fingerprint density at radius 2 is 1.47 bits per heavy atom. The van der Waals surface area contributed by atoms with Crippen LogP contribution in [0, 0.1) is 0 Å². The van der Waals surface area contributed by atoms with Crippen LogP contribution in [0.2, 0.25) is 0 Å². The zero-order chi connectivity index (χ0) is 10.4. The third kappa shape index (κ3) is 1.15. The molecule has 1 aliphatic rings. The van der Waals surface area contributed by atoms with Crippen LogP contribution in [0.4, 0.5) is 0 Å². The van der Waals surface area contributed by atoms with Crippen molar-refractivity contribution >= 4 is 18.4 Å². The molecule has 0 aliphatic heterocycles. The molecular weight excluding hydrogens is 204 g/mol. The predicted molar refractivity (Wildman–Crippen MR) is 62.6 cm³/mol. The van der Waals surface area contributed by atoms with Gasteiger partial charge in [0, 0.05) is 16.0 Å². The summed E-state index contributed by atoms with van der Waals surface area (Å²) in [5.74, 6) is 0.108. The minimum absolute atomic E-state index is 0.108. The summed E-state index contributed by atoms with van der Waals surface area (Å²) in [5.41, 5.74) is 3.62. The smallest absolute Gasteiger partial charge is 0.194 e. The van der Waals surface area contributed by atoms with Gasteiger partial charge in [-0.25, -0.2) is 0 Å². The highest BCUT2D eigenvalue weighted by Gasteiger charge is 2.25. The van der Waals surface area contributed by atoms with E-state index < -0.39 is 0 Å². The maximum atomic E-state index is 12.0. The molecule has 0 N–H and O–H groups in total. The van der Waals surface area contributed by atoms with Crippen LogP contribution in [0.25, 0.3) is 11.1 Å². The molecule has 0 fully saturated rings. The Morgan fingerprint density at radius 1 is 0.800 bits per heavy atom. The number of rotatable bonds is 0.